The predicted octanol–water partition coefficient (Wildman–Crippen LogP) is 3.11. The number of aryl methyl sites for hydroxylation is 1. The fourth-order valence-electron chi connectivity index (χ4n) is 2.22. The van der Waals surface area contributed by atoms with Gasteiger partial charge in [-0.05, 0) is 49.7 Å². The minimum atomic E-state index is -0.557. The maximum absolute atomic E-state index is 13.5. The van der Waals surface area contributed by atoms with Gasteiger partial charge in [-0.15, -0.1) is 0 Å². The van der Waals surface area contributed by atoms with Crippen LogP contribution in [-0.4, -0.2) is 17.9 Å². The molecule has 6 heteroatoms. The summed E-state index contributed by atoms with van der Waals surface area (Å²) >= 11 is 0. The number of carbonyl (C=O) groups is 2. The molecule has 0 fully saturated rings. The molecule has 0 aromatic heterocycles. The van der Waals surface area contributed by atoms with Gasteiger partial charge >= 0.3 is 0 Å². The first kappa shape index (κ1) is 15.0. The summed E-state index contributed by atoms with van der Waals surface area (Å²) < 4.78 is 19.0. The number of benzene rings is 2. The standard InChI is InChI=1S/C17H15FN2O3/c1-9-3-4-11(7-13(9)18)17(22)19-12-5-6-15-14(8-12)20-16(21)10(2)23-15/h3-8,10H,1-2H3,(H,19,22)(H,20,21). The number of nitrogens with one attached hydrogen (secondary N) is 2. The van der Waals surface area contributed by atoms with Gasteiger partial charge in [0.2, 0.25) is 0 Å². The van der Waals surface area contributed by atoms with Crippen LogP contribution in [0.1, 0.15) is 22.8 Å². The third-order valence-electron chi connectivity index (χ3n) is 3.60. The molecule has 118 valence electrons. The lowest BCUT2D eigenvalue weighted by atomic mass is 10.1. The molecule has 0 aliphatic carbocycles. The minimum absolute atomic E-state index is 0.222. The van der Waals surface area contributed by atoms with Crippen molar-refractivity contribution in [3.63, 3.8) is 0 Å². The molecule has 3 rings (SSSR count). The fourth-order valence-corrected chi connectivity index (χ4v) is 2.22. The number of hydrogen-bond acceptors (Lipinski definition) is 3. The molecule has 0 spiro atoms. The zero-order valence-electron chi connectivity index (χ0n) is 12.6. The number of halogens is 1. The Morgan fingerprint density at radius 3 is 2.78 bits per heavy atom. The minimum Gasteiger partial charge on any atom is -0.479 e. The highest BCUT2D eigenvalue weighted by atomic mass is 19.1. The van der Waals surface area contributed by atoms with E-state index in [9.17, 15) is 14.0 Å². The van der Waals surface area contributed by atoms with Crippen molar-refractivity contribution in [3.8, 4) is 5.75 Å². The van der Waals surface area contributed by atoms with E-state index in [2.05, 4.69) is 10.6 Å². The number of amides is 2. The largest absolute Gasteiger partial charge is 0.479 e. The number of hydrogen-bond donors (Lipinski definition) is 2. The van der Waals surface area contributed by atoms with Gasteiger partial charge in [-0.2, -0.15) is 0 Å². The van der Waals surface area contributed by atoms with Gasteiger partial charge in [-0.25, -0.2) is 4.39 Å². The SMILES string of the molecule is Cc1ccc(C(=O)Nc2ccc3c(c2)NC(=O)C(C)O3)cc1F. The molecule has 5 nitrogen and oxygen atoms in total. The van der Waals surface area contributed by atoms with Crippen molar-refractivity contribution >= 4 is 23.2 Å². The van der Waals surface area contributed by atoms with Crippen LogP contribution < -0.4 is 15.4 Å². The maximum Gasteiger partial charge on any atom is 0.265 e. The van der Waals surface area contributed by atoms with Gasteiger partial charge < -0.3 is 15.4 Å². The van der Waals surface area contributed by atoms with Crippen molar-refractivity contribution in [1.29, 1.82) is 0 Å². The average molecular weight is 314 g/mol. The Hall–Kier alpha value is -2.89. The molecule has 2 amide bonds. The van der Waals surface area contributed by atoms with Crippen LogP contribution in [0.5, 0.6) is 5.75 Å². The van der Waals surface area contributed by atoms with E-state index in [0.717, 1.165) is 0 Å². The first-order chi connectivity index (χ1) is 10.9. The van der Waals surface area contributed by atoms with Crippen LogP contribution in [0.2, 0.25) is 0 Å². The predicted molar refractivity (Wildman–Crippen MR) is 84.3 cm³/mol. The Labute approximate surface area is 132 Å². The second-order valence-corrected chi connectivity index (χ2v) is 5.38. The van der Waals surface area contributed by atoms with E-state index in [1.807, 2.05) is 0 Å². The van der Waals surface area contributed by atoms with Gasteiger partial charge in [0, 0.05) is 11.3 Å². The van der Waals surface area contributed by atoms with Crippen LogP contribution in [0.25, 0.3) is 0 Å². The van der Waals surface area contributed by atoms with E-state index in [4.69, 9.17) is 4.74 Å². The molecule has 0 radical (unpaired) electrons. The van der Waals surface area contributed by atoms with Gasteiger partial charge in [0.15, 0.2) is 6.10 Å². The molecule has 2 aromatic carbocycles. The molecular formula is C17H15FN2O3. The maximum atomic E-state index is 13.5. The summed E-state index contributed by atoms with van der Waals surface area (Å²) in [6.45, 7) is 3.28. The molecule has 2 aromatic rings. The van der Waals surface area contributed by atoms with Crippen molar-refractivity contribution in [2.45, 2.75) is 20.0 Å². The number of rotatable bonds is 2. The topological polar surface area (TPSA) is 67.4 Å². The van der Waals surface area contributed by atoms with Crippen molar-refractivity contribution in [2.24, 2.45) is 0 Å². The Bertz CT molecular complexity index is 804. The Balaban J connectivity index is 1.80. The zero-order valence-corrected chi connectivity index (χ0v) is 12.6. The summed E-state index contributed by atoms with van der Waals surface area (Å²) in [5, 5.41) is 5.37. The molecule has 0 bridgehead atoms. The first-order valence-corrected chi connectivity index (χ1v) is 7.13. The molecular weight excluding hydrogens is 299 g/mol. The van der Waals surface area contributed by atoms with Gasteiger partial charge in [-0.3, -0.25) is 9.59 Å². The van der Waals surface area contributed by atoms with Crippen molar-refractivity contribution in [3.05, 3.63) is 53.3 Å². The molecule has 1 atom stereocenters. The average Bonchev–Trinajstić information content (AvgIpc) is 2.51. The highest BCUT2D eigenvalue weighted by Gasteiger charge is 2.23. The molecule has 2 N–H and O–H groups in total. The van der Waals surface area contributed by atoms with Crippen LogP contribution in [0, 0.1) is 12.7 Å². The lowest BCUT2D eigenvalue weighted by molar-refractivity contribution is -0.122. The van der Waals surface area contributed by atoms with Crippen molar-refractivity contribution in [2.75, 3.05) is 10.6 Å². The van der Waals surface area contributed by atoms with Gasteiger partial charge in [0.05, 0.1) is 5.69 Å². The summed E-state index contributed by atoms with van der Waals surface area (Å²) in [6.07, 6.45) is -0.557. The molecule has 1 aliphatic rings. The van der Waals surface area contributed by atoms with E-state index >= 15 is 0 Å². The van der Waals surface area contributed by atoms with E-state index in [1.165, 1.54) is 6.07 Å². The Morgan fingerprint density at radius 2 is 2.04 bits per heavy atom. The van der Waals surface area contributed by atoms with E-state index < -0.39 is 17.8 Å². The molecule has 0 saturated carbocycles. The van der Waals surface area contributed by atoms with E-state index in [1.54, 1.807) is 44.2 Å². The zero-order chi connectivity index (χ0) is 16.6. The third kappa shape index (κ3) is 3.01. The van der Waals surface area contributed by atoms with Crippen LogP contribution in [-0.2, 0) is 4.79 Å². The molecule has 1 aliphatic heterocycles. The quantitative estimate of drug-likeness (QED) is 0.895. The highest BCUT2D eigenvalue weighted by Crippen LogP contribution is 2.32. The summed E-state index contributed by atoms with van der Waals surface area (Å²) in [5.41, 5.74) is 1.67. The normalized spacial score (nSPS) is 16.1. The van der Waals surface area contributed by atoms with Crippen molar-refractivity contribution < 1.29 is 18.7 Å². The van der Waals surface area contributed by atoms with Crippen molar-refractivity contribution in [1.82, 2.24) is 0 Å². The number of fused-ring (bicyclic) bond motifs is 1. The Kier molecular flexibility index (Phi) is 3.73. The molecule has 1 heterocycles. The van der Waals surface area contributed by atoms with Crippen LogP contribution in [0.15, 0.2) is 36.4 Å². The van der Waals surface area contributed by atoms with Gasteiger partial charge in [0.1, 0.15) is 11.6 Å². The fraction of sp³-hybridized carbons (Fsp3) is 0.176. The van der Waals surface area contributed by atoms with Gasteiger partial charge in [0.25, 0.3) is 11.8 Å². The second-order valence-electron chi connectivity index (χ2n) is 5.38. The molecule has 1 unspecified atom stereocenters. The van der Waals surface area contributed by atoms with Crippen LogP contribution in [0.3, 0.4) is 0 Å². The van der Waals surface area contributed by atoms with Gasteiger partial charge in [-0.1, -0.05) is 6.07 Å². The third-order valence-corrected chi connectivity index (χ3v) is 3.60. The second kappa shape index (κ2) is 5.72. The highest BCUT2D eigenvalue weighted by molar-refractivity contribution is 6.05. The number of ether oxygens (including phenoxy) is 1. The summed E-state index contributed by atoms with van der Waals surface area (Å²) in [7, 11) is 0. The summed E-state index contributed by atoms with van der Waals surface area (Å²) in [6, 6.07) is 9.21. The van der Waals surface area contributed by atoms with Crippen LogP contribution >= 0.6 is 0 Å². The summed E-state index contributed by atoms with van der Waals surface area (Å²) in [5.74, 6) is -0.573. The van der Waals surface area contributed by atoms with E-state index in [-0.39, 0.29) is 11.5 Å². The summed E-state index contributed by atoms with van der Waals surface area (Å²) in [4.78, 5) is 23.8. The first-order valence-electron chi connectivity index (χ1n) is 7.13. The van der Waals surface area contributed by atoms with Crippen LogP contribution in [0.4, 0.5) is 15.8 Å². The lowest BCUT2D eigenvalue weighted by Gasteiger charge is -2.23. The monoisotopic (exact) mass is 314 g/mol. The Morgan fingerprint density at radius 1 is 1.26 bits per heavy atom. The smallest absolute Gasteiger partial charge is 0.265 e. The lowest BCUT2D eigenvalue weighted by Crippen LogP contribution is -2.34. The van der Waals surface area contributed by atoms with E-state index in [0.29, 0.717) is 22.7 Å². The number of anilines is 2. The molecule has 0 saturated heterocycles. The number of carbonyl (C=O) groups excluding carboxylic acids is 2. The molecule has 23 heavy (non-hydrogen) atoms.